The van der Waals surface area contributed by atoms with E-state index in [4.69, 9.17) is 9.47 Å². The minimum atomic E-state index is -0.708. The summed E-state index contributed by atoms with van der Waals surface area (Å²) < 4.78 is 11.4. The highest BCUT2D eigenvalue weighted by Gasteiger charge is 2.23. The van der Waals surface area contributed by atoms with Crippen LogP contribution in [0.1, 0.15) is 23.0 Å². The second-order valence-electron chi connectivity index (χ2n) is 7.49. The van der Waals surface area contributed by atoms with Gasteiger partial charge in [-0.3, -0.25) is 19.7 Å². The molecule has 0 fully saturated rings. The number of fused-ring (bicyclic) bond motifs is 1. The Kier molecular flexibility index (Phi) is 7.06. The van der Waals surface area contributed by atoms with Crippen LogP contribution in [0.25, 0.3) is 16.5 Å². The summed E-state index contributed by atoms with van der Waals surface area (Å²) in [6, 6.07) is 12.2. The predicted octanol–water partition coefficient (Wildman–Crippen LogP) is 3.72. The van der Waals surface area contributed by atoms with Gasteiger partial charge in [0.25, 0.3) is 11.2 Å². The Bertz CT molecular complexity index is 1530. The maximum absolute atomic E-state index is 13.5. The van der Waals surface area contributed by atoms with Crippen molar-refractivity contribution >= 4 is 44.7 Å². The zero-order valence-electron chi connectivity index (χ0n) is 19.2. The first-order chi connectivity index (χ1) is 17.3. The number of hydrogen-bond donors (Lipinski definition) is 1. The number of nitro groups is 1. The van der Waals surface area contributed by atoms with Gasteiger partial charge in [-0.15, -0.1) is 11.3 Å². The molecule has 184 valence electrons. The summed E-state index contributed by atoms with van der Waals surface area (Å²) in [5.41, 5.74) is 0.225. The van der Waals surface area contributed by atoms with Crippen LogP contribution in [0.4, 0.5) is 10.7 Å². The third-order valence-electron chi connectivity index (χ3n) is 5.18. The zero-order chi connectivity index (χ0) is 25.8. The summed E-state index contributed by atoms with van der Waals surface area (Å²) in [4.78, 5) is 49.2. The molecule has 0 spiro atoms. The lowest BCUT2D eigenvalue weighted by Gasteiger charge is -2.11. The lowest BCUT2D eigenvalue weighted by Crippen LogP contribution is -2.25. The number of benzene rings is 2. The number of amides is 1. The molecule has 0 unspecified atom stereocenters. The van der Waals surface area contributed by atoms with Gasteiger partial charge in [-0.1, -0.05) is 18.2 Å². The number of aromatic nitrogens is 2. The molecular weight excluding hydrogens is 488 g/mol. The third-order valence-corrected chi connectivity index (χ3v) is 6.08. The Morgan fingerprint density at radius 3 is 2.61 bits per heavy atom. The number of methoxy groups -OCH3 is 1. The Balaban J connectivity index is 1.75. The molecule has 0 saturated heterocycles. The van der Waals surface area contributed by atoms with E-state index in [9.17, 15) is 24.5 Å². The summed E-state index contributed by atoms with van der Waals surface area (Å²) in [6.07, 6.45) is -0.0721. The number of rotatable bonds is 8. The lowest BCUT2D eigenvalue weighted by molar-refractivity contribution is -0.384. The second-order valence-corrected chi connectivity index (χ2v) is 8.37. The van der Waals surface area contributed by atoms with Crippen LogP contribution in [-0.4, -0.2) is 40.3 Å². The van der Waals surface area contributed by atoms with Crippen LogP contribution in [0.2, 0.25) is 0 Å². The van der Waals surface area contributed by atoms with Gasteiger partial charge < -0.3 is 14.8 Å². The number of non-ortho nitro benzene ring substituents is 1. The van der Waals surface area contributed by atoms with Gasteiger partial charge in [0.2, 0.25) is 5.91 Å². The average molecular weight is 509 g/mol. The normalized spacial score (nSPS) is 10.7. The topological polar surface area (TPSA) is 143 Å². The van der Waals surface area contributed by atoms with Crippen LogP contribution in [0.3, 0.4) is 0 Å². The summed E-state index contributed by atoms with van der Waals surface area (Å²) in [5.74, 6) is -0.656. The number of esters is 1. The van der Waals surface area contributed by atoms with Gasteiger partial charge in [0.1, 0.15) is 10.8 Å². The molecule has 1 amide bonds. The average Bonchev–Trinajstić information content (AvgIpc) is 3.28. The SMILES string of the molecule is CCOC(=O)c1nn(-c2cccc(OC)c2)c(=O)c2c(NC(=O)Cc3ccc([N+](=O)[O-])cc3)scc12. The fourth-order valence-corrected chi connectivity index (χ4v) is 4.45. The number of thiophene rings is 1. The first kappa shape index (κ1) is 24.5. The van der Waals surface area contributed by atoms with E-state index in [2.05, 4.69) is 10.4 Å². The van der Waals surface area contributed by atoms with Crippen molar-refractivity contribution in [2.24, 2.45) is 0 Å². The van der Waals surface area contributed by atoms with E-state index in [1.165, 1.54) is 31.4 Å². The summed E-state index contributed by atoms with van der Waals surface area (Å²) in [5, 5.41) is 20.0. The van der Waals surface area contributed by atoms with Crippen LogP contribution in [0.15, 0.2) is 58.7 Å². The molecule has 4 aromatic rings. The van der Waals surface area contributed by atoms with Crippen LogP contribution >= 0.6 is 11.3 Å². The molecule has 0 aliphatic rings. The molecular formula is C24H20N4O7S. The van der Waals surface area contributed by atoms with E-state index in [1.807, 2.05) is 0 Å². The molecule has 0 radical (unpaired) electrons. The molecule has 0 aliphatic carbocycles. The van der Waals surface area contributed by atoms with Crippen LogP contribution in [0.5, 0.6) is 5.75 Å². The van der Waals surface area contributed by atoms with Gasteiger partial charge in [-0.05, 0) is 24.6 Å². The Morgan fingerprint density at radius 2 is 1.94 bits per heavy atom. The molecule has 0 saturated carbocycles. The molecule has 0 atom stereocenters. The van der Waals surface area contributed by atoms with Crippen molar-refractivity contribution in [1.82, 2.24) is 9.78 Å². The van der Waals surface area contributed by atoms with Gasteiger partial charge >= 0.3 is 5.97 Å². The second kappa shape index (κ2) is 10.4. The minimum Gasteiger partial charge on any atom is -0.497 e. The van der Waals surface area contributed by atoms with Gasteiger partial charge in [0, 0.05) is 29.0 Å². The van der Waals surface area contributed by atoms with Gasteiger partial charge in [-0.2, -0.15) is 9.78 Å². The number of ether oxygens (including phenoxy) is 2. The fraction of sp³-hybridized carbons (Fsp3) is 0.167. The molecule has 11 nitrogen and oxygen atoms in total. The van der Waals surface area contributed by atoms with E-state index in [0.29, 0.717) is 17.0 Å². The van der Waals surface area contributed by atoms with Gasteiger partial charge in [0.05, 0.1) is 36.1 Å². The summed E-state index contributed by atoms with van der Waals surface area (Å²) >= 11 is 1.08. The van der Waals surface area contributed by atoms with Crippen molar-refractivity contribution < 1.29 is 24.0 Å². The maximum atomic E-state index is 13.5. The van der Waals surface area contributed by atoms with Crippen molar-refractivity contribution in [2.75, 3.05) is 19.0 Å². The van der Waals surface area contributed by atoms with Crippen molar-refractivity contribution in [3.05, 3.63) is 85.6 Å². The number of nitrogens with zero attached hydrogens (tertiary/aromatic N) is 3. The molecule has 0 bridgehead atoms. The highest BCUT2D eigenvalue weighted by atomic mass is 32.1. The summed E-state index contributed by atoms with van der Waals surface area (Å²) in [7, 11) is 1.49. The van der Waals surface area contributed by atoms with Crippen molar-refractivity contribution in [1.29, 1.82) is 0 Å². The predicted molar refractivity (Wildman–Crippen MR) is 133 cm³/mol. The number of carbonyl (C=O) groups is 2. The molecule has 12 heteroatoms. The number of hydrogen-bond acceptors (Lipinski definition) is 9. The molecule has 36 heavy (non-hydrogen) atoms. The Morgan fingerprint density at radius 1 is 1.19 bits per heavy atom. The van der Waals surface area contributed by atoms with Crippen molar-refractivity contribution in [3.8, 4) is 11.4 Å². The largest absolute Gasteiger partial charge is 0.497 e. The standard InChI is InChI=1S/C24H20N4O7S/c1-3-35-24(31)21-18-13-36-22(25-19(29)11-14-7-9-15(10-8-14)28(32)33)20(18)23(30)27(26-21)16-5-4-6-17(12-16)34-2/h4-10,12-13H,3,11H2,1-2H3,(H,25,29). The Hall–Kier alpha value is -4.58. The quantitative estimate of drug-likeness (QED) is 0.216. The smallest absolute Gasteiger partial charge is 0.359 e. The third kappa shape index (κ3) is 4.93. The van der Waals surface area contributed by atoms with E-state index in [0.717, 1.165) is 16.0 Å². The van der Waals surface area contributed by atoms with Crippen LogP contribution < -0.4 is 15.6 Å². The Labute approximate surface area is 208 Å². The van der Waals surface area contributed by atoms with E-state index < -0.39 is 22.4 Å². The molecule has 2 aromatic carbocycles. The molecule has 4 rings (SSSR count). The van der Waals surface area contributed by atoms with E-state index in [1.54, 1.807) is 36.6 Å². The van der Waals surface area contributed by atoms with Crippen molar-refractivity contribution in [3.63, 3.8) is 0 Å². The molecule has 2 heterocycles. The monoisotopic (exact) mass is 508 g/mol. The molecule has 0 aliphatic heterocycles. The maximum Gasteiger partial charge on any atom is 0.359 e. The zero-order valence-corrected chi connectivity index (χ0v) is 20.0. The first-order valence-electron chi connectivity index (χ1n) is 10.7. The number of nitrogens with one attached hydrogen (secondary N) is 1. The highest BCUT2D eigenvalue weighted by molar-refractivity contribution is 7.16. The summed E-state index contributed by atoms with van der Waals surface area (Å²) in [6.45, 7) is 1.77. The van der Waals surface area contributed by atoms with Gasteiger partial charge in [-0.25, -0.2) is 4.79 Å². The number of nitro benzene ring substituents is 1. The fourth-order valence-electron chi connectivity index (χ4n) is 3.50. The first-order valence-corrected chi connectivity index (χ1v) is 11.6. The minimum absolute atomic E-state index is 0.0682. The van der Waals surface area contributed by atoms with E-state index in [-0.39, 0.29) is 40.2 Å². The highest BCUT2D eigenvalue weighted by Crippen LogP contribution is 2.31. The lowest BCUT2D eigenvalue weighted by atomic mass is 10.1. The molecule has 2 aromatic heterocycles. The number of anilines is 1. The van der Waals surface area contributed by atoms with Crippen LogP contribution in [0, 0.1) is 10.1 Å². The van der Waals surface area contributed by atoms with Crippen LogP contribution in [-0.2, 0) is 16.0 Å². The van der Waals surface area contributed by atoms with E-state index >= 15 is 0 Å². The van der Waals surface area contributed by atoms with Crippen molar-refractivity contribution in [2.45, 2.75) is 13.3 Å². The number of carbonyl (C=O) groups excluding carboxylic acids is 2. The van der Waals surface area contributed by atoms with Gasteiger partial charge in [0.15, 0.2) is 5.69 Å². The molecule has 1 N–H and O–H groups in total.